The first-order chi connectivity index (χ1) is 9.25. The summed E-state index contributed by atoms with van der Waals surface area (Å²) in [5.41, 5.74) is 0.467. The topological polar surface area (TPSA) is 77.0 Å². The molecule has 2 heterocycles. The van der Waals surface area contributed by atoms with Crippen molar-refractivity contribution in [2.45, 2.75) is 13.3 Å². The summed E-state index contributed by atoms with van der Waals surface area (Å²) in [5, 5.41) is 2.78. The number of aryl methyl sites for hydroxylation is 1. The zero-order valence-electron chi connectivity index (χ0n) is 10.5. The van der Waals surface area contributed by atoms with Crippen LogP contribution < -0.4 is 10.1 Å². The van der Waals surface area contributed by atoms with Gasteiger partial charge in [0.05, 0.1) is 6.61 Å². The average Bonchev–Trinajstić information content (AvgIpc) is 2.86. The third kappa shape index (κ3) is 4.29. The maximum absolute atomic E-state index is 11.7. The molecule has 0 atom stereocenters. The molecule has 1 amide bonds. The second kappa shape index (κ2) is 6.79. The van der Waals surface area contributed by atoms with E-state index < -0.39 is 0 Å². The summed E-state index contributed by atoms with van der Waals surface area (Å²) < 4.78 is 9.35. The number of nitrogens with zero attached hydrogens (tertiary/aromatic N) is 3. The number of ether oxygens (including phenoxy) is 1. The van der Waals surface area contributed by atoms with Gasteiger partial charge in [-0.1, -0.05) is 0 Å². The number of carbonyl (C=O) groups is 1. The van der Waals surface area contributed by atoms with E-state index in [-0.39, 0.29) is 5.91 Å². The number of rotatable bonds is 6. The zero-order valence-corrected chi connectivity index (χ0v) is 11.3. The molecule has 0 unspecified atom stereocenters. The molecule has 0 bridgehead atoms. The Hall–Kier alpha value is -2.02. The van der Waals surface area contributed by atoms with Gasteiger partial charge in [-0.05, 0) is 37.0 Å². The van der Waals surface area contributed by atoms with E-state index in [1.54, 1.807) is 24.5 Å². The van der Waals surface area contributed by atoms with Crippen LogP contribution in [0.4, 0.5) is 0 Å². The second-order valence-corrected chi connectivity index (χ2v) is 4.82. The number of aromatic nitrogens is 3. The van der Waals surface area contributed by atoms with E-state index in [0.29, 0.717) is 31.3 Å². The Balaban J connectivity index is 1.63. The van der Waals surface area contributed by atoms with Crippen molar-refractivity contribution in [3.8, 4) is 6.01 Å². The van der Waals surface area contributed by atoms with E-state index in [0.717, 1.165) is 4.88 Å². The van der Waals surface area contributed by atoms with Gasteiger partial charge in [-0.2, -0.15) is 4.37 Å². The van der Waals surface area contributed by atoms with Crippen LogP contribution in [0.5, 0.6) is 6.01 Å². The first kappa shape index (κ1) is 13.4. The van der Waals surface area contributed by atoms with Crippen molar-refractivity contribution in [3.63, 3.8) is 0 Å². The Bertz CT molecular complexity index is 530. The summed E-state index contributed by atoms with van der Waals surface area (Å²) in [5.74, 6) is -0.152. The molecule has 100 valence electrons. The van der Waals surface area contributed by atoms with Gasteiger partial charge in [-0.15, -0.1) is 0 Å². The molecule has 0 radical (unpaired) electrons. The minimum absolute atomic E-state index is 0.152. The maximum Gasteiger partial charge on any atom is 0.316 e. The highest BCUT2D eigenvalue weighted by molar-refractivity contribution is 7.05. The SMILES string of the molecule is Cc1cc(C(=O)NCCCOc2ncccn2)ns1. The fourth-order valence-electron chi connectivity index (χ4n) is 1.36. The molecule has 0 fully saturated rings. The number of carbonyl (C=O) groups excluding carboxylic acids is 1. The normalized spacial score (nSPS) is 10.2. The Morgan fingerprint density at radius 2 is 2.21 bits per heavy atom. The molecule has 7 heteroatoms. The molecular formula is C12H14N4O2S. The van der Waals surface area contributed by atoms with Crippen molar-refractivity contribution < 1.29 is 9.53 Å². The van der Waals surface area contributed by atoms with Gasteiger partial charge in [0.2, 0.25) is 0 Å². The number of amides is 1. The third-order valence-corrected chi connectivity index (χ3v) is 2.93. The first-order valence-electron chi connectivity index (χ1n) is 5.87. The molecule has 0 spiro atoms. The minimum atomic E-state index is -0.152. The quantitative estimate of drug-likeness (QED) is 0.809. The van der Waals surface area contributed by atoms with Gasteiger partial charge in [0.15, 0.2) is 0 Å². The fourth-order valence-corrected chi connectivity index (χ4v) is 1.90. The lowest BCUT2D eigenvalue weighted by atomic mass is 10.3. The summed E-state index contributed by atoms with van der Waals surface area (Å²) in [4.78, 5) is 20.5. The van der Waals surface area contributed by atoms with E-state index in [2.05, 4.69) is 19.7 Å². The van der Waals surface area contributed by atoms with Crippen molar-refractivity contribution in [2.75, 3.05) is 13.2 Å². The van der Waals surface area contributed by atoms with Crippen LogP contribution in [0, 0.1) is 6.92 Å². The lowest BCUT2D eigenvalue weighted by Crippen LogP contribution is -2.25. The van der Waals surface area contributed by atoms with Gasteiger partial charge >= 0.3 is 6.01 Å². The maximum atomic E-state index is 11.7. The molecule has 0 aromatic carbocycles. The van der Waals surface area contributed by atoms with E-state index in [1.807, 2.05) is 6.92 Å². The van der Waals surface area contributed by atoms with Crippen molar-refractivity contribution in [1.82, 2.24) is 19.7 Å². The van der Waals surface area contributed by atoms with E-state index in [9.17, 15) is 4.79 Å². The molecule has 0 saturated carbocycles. The van der Waals surface area contributed by atoms with Gasteiger partial charge in [-0.25, -0.2) is 9.97 Å². The highest BCUT2D eigenvalue weighted by Crippen LogP contribution is 2.07. The van der Waals surface area contributed by atoms with Gasteiger partial charge in [-0.3, -0.25) is 4.79 Å². The second-order valence-electron chi connectivity index (χ2n) is 3.81. The van der Waals surface area contributed by atoms with Gasteiger partial charge in [0.1, 0.15) is 5.69 Å². The van der Waals surface area contributed by atoms with Crippen LogP contribution in [0.15, 0.2) is 24.5 Å². The van der Waals surface area contributed by atoms with E-state index in [4.69, 9.17) is 4.74 Å². The zero-order chi connectivity index (χ0) is 13.5. The highest BCUT2D eigenvalue weighted by Gasteiger charge is 2.08. The van der Waals surface area contributed by atoms with Crippen molar-refractivity contribution in [2.24, 2.45) is 0 Å². The molecule has 6 nitrogen and oxygen atoms in total. The van der Waals surface area contributed by atoms with Gasteiger partial charge < -0.3 is 10.1 Å². The van der Waals surface area contributed by atoms with E-state index >= 15 is 0 Å². The molecule has 0 aliphatic rings. The molecule has 19 heavy (non-hydrogen) atoms. The molecule has 0 aliphatic carbocycles. The average molecular weight is 278 g/mol. The molecule has 0 saturated heterocycles. The molecule has 1 N–H and O–H groups in total. The first-order valence-corrected chi connectivity index (χ1v) is 6.64. The molecular weight excluding hydrogens is 264 g/mol. The molecule has 2 aromatic heterocycles. The lowest BCUT2D eigenvalue weighted by molar-refractivity contribution is 0.0947. The Kier molecular flexibility index (Phi) is 4.79. The minimum Gasteiger partial charge on any atom is -0.463 e. The predicted molar refractivity (Wildman–Crippen MR) is 71.3 cm³/mol. The van der Waals surface area contributed by atoms with Crippen LogP contribution in [0.3, 0.4) is 0 Å². The summed E-state index contributed by atoms with van der Waals surface area (Å²) in [6.07, 6.45) is 3.93. The van der Waals surface area contributed by atoms with Crippen LogP contribution in [0.25, 0.3) is 0 Å². The van der Waals surface area contributed by atoms with Crippen LogP contribution in [-0.2, 0) is 0 Å². The summed E-state index contributed by atoms with van der Waals surface area (Å²) >= 11 is 1.32. The lowest BCUT2D eigenvalue weighted by Gasteiger charge is -2.04. The monoisotopic (exact) mass is 278 g/mol. The Morgan fingerprint density at radius 1 is 1.42 bits per heavy atom. The smallest absolute Gasteiger partial charge is 0.316 e. The van der Waals surface area contributed by atoms with Crippen LogP contribution in [0.1, 0.15) is 21.8 Å². The largest absolute Gasteiger partial charge is 0.463 e. The fraction of sp³-hybridized carbons (Fsp3) is 0.333. The Labute approximate surface area is 115 Å². The van der Waals surface area contributed by atoms with Crippen LogP contribution >= 0.6 is 11.5 Å². The highest BCUT2D eigenvalue weighted by atomic mass is 32.1. The summed E-state index contributed by atoms with van der Waals surface area (Å²) in [6, 6.07) is 3.85. The molecule has 2 rings (SSSR count). The van der Waals surface area contributed by atoms with E-state index in [1.165, 1.54) is 11.5 Å². The van der Waals surface area contributed by atoms with Crippen molar-refractivity contribution in [3.05, 3.63) is 35.1 Å². The third-order valence-electron chi connectivity index (χ3n) is 2.24. The summed E-state index contributed by atoms with van der Waals surface area (Å²) in [7, 11) is 0. The molecule has 0 aliphatic heterocycles. The van der Waals surface area contributed by atoms with Crippen LogP contribution in [0.2, 0.25) is 0 Å². The summed E-state index contributed by atoms with van der Waals surface area (Å²) in [6.45, 7) is 2.91. The molecule has 2 aromatic rings. The standard InChI is InChI=1S/C12H14N4O2S/c1-9-8-10(16-19-9)11(17)13-6-3-7-18-12-14-4-2-5-15-12/h2,4-5,8H,3,6-7H2,1H3,(H,13,17). The van der Waals surface area contributed by atoms with Gasteiger partial charge in [0, 0.05) is 23.8 Å². The Morgan fingerprint density at radius 3 is 2.89 bits per heavy atom. The number of nitrogens with one attached hydrogen (secondary N) is 1. The van der Waals surface area contributed by atoms with Crippen LogP contribution in [-0.4, -0.2) is 33.4 Å². The number of hydrogen-bond acceptors (Lipinski definition) is 6. The van der Waals surface area contributed by atoms with Gasteiger partial charge in [0.25, 0.3) is 5.91 Å². The van der Waals surface area contributed by atoms with Crippen molar-refractivity contribution >= 4 is 17.4 Å². The van der Waals surface area contributed by atoms with Crippen molar-refractivity contribution in [1.29, 1.82) is 0 Å². The number of hydrogen-bond donors (Lipinski definition) is 1. The predicted octanol–water partition coefficient (Wildman–Crippen LogP) is 1.44.